The Morgan fingerprint density at radius 3 is 2.35 bits per heavy atom. The summed E-state index contributed by atoms with van der Waals surface area (Å²) < 4.78 is 53.3. The Morgan fingerprint density at radius 1 is 0.946 bits per heavy atom. The summed E-state index contributed by atoms with van der Waals surface area (Å²) in [6, 6.07) is 12.0. The van der Waals surface area contributed by atoms with Gasteiger partial charge in [0.05, 0.1) is 17.8 Å². The van der Waals surface area contributed by atoms with Crippen LogP contribution in [0.4, 0.5) is 18.9 Å². The summed E-state index contributed by atoms with van der Waals surface area (Å²) >= 11 is 0. The Morgan fingerprint density at radius 2 is 1.68 bits per heavy atom. The average Bonchev–Trinajstić information content (AvgIpc) is 2.86. The van der Waals surface area contributed by atoms with Gasteiger partial charge in [0.15, 0.2) is 0 Å². The third kappa shape index (κ3) is 6.24. The second-order valence-corrected chi connectivity index (χ2v) is 8.27. The number of nitrogens with zero attached hydrogens (tertiary/aromatic N) is 1. The van der Waals surface area contributed by atoms with Crippen LogP contribution in [0.1, 0.15) is 24.5 Å². The molecule has 0 saturated heterocycles. The minimum Gasteiger partial charge on any atom is -0.491 e. The fraction of sp³-hybridized carbons (Fsp3) is 0.179. The van der Waals surface area contributed by atoms with Crippen molar-refractivity contribution < 1.29 is 32.2 Å². The molecule has 0 bridgehead atoms. The maximum absolute atomic E-state index is 14.8. The molecule has 6 nitrogen and oxygen atoms in total. The van der Waals surface area contributed by atoms with Gasteiger partial charge in [-0.25, -0.2) is 13.2 Å². The standard InChI is InChI=1S/C28H23F3N2O4/c1-2-9-36-28-15-25-22(14-26(28)33-16-34)27(7-8-32-25)37-21-6-4-18(24(31)13-21)11-20(35)10-17-3-5-19(29)12-23(17)30/h3-8,12-16H,2,9-11H2,1H3,(H,33,34). The number of hydrogen-bond acceptors (Lipinski definition) is 5. The van der Waals surface area contributed by atoms with Crippen molar-refractivity contribution in [2.75, 3.05) is 11.9 Å². The summed E-state index contributed by atoms with van der Waals surface area (Å²) in [4.78, 5) is 27.8. The molecule has 190 valence electrons. The number of carbonyl (C=O) groups is 2. The number of rotatable bonds is 11. The van der Waals surface area contributed by atoms with E-state index in [-0.39, 0.29) is 29.7 Å². The number of ether oxygens (including phenoxy) is 2. The average molecular weight is 508 g/mol. The first-order valence-corrected chi connectivity index (χ1v) is 11.6. The SMILES string of the molecule is CCCOc1cc2nccc(Oc3ccc(CC(=O)Cc4ccc(F)cc4F)c(F)c3)c2cc1NC=O. The highest BCUT2D eigenvalue weighted by atomic mass is 19.1. The van der Waals surface area contributed by atoms with Crippen LogP contribution in [0.3, 0.4) is 0 Å². The van der Waals surface area contributed by atoms with E-state index in [1.165, 1.54) is 24.4 Å². The highest BCUT2D eigenvalue weighted by molar-refractivity contribution is 5.93. The Bertz CT molecular complexity index is 1460. The molecule has 1 amide bonds. The molecule has 0 aliphatic heterocycles. The van der Waals surface area contributed by atoms with Crippen molar-refractivity contribution in [3.8, 4) is 17.2 Å². The number of pyridine rings is 1. The van der Waals surface area contributed by atoms with E-state index < -0.39 is 23.2 Å². The van der Waals surface area contributed by atoms with Gasteiger partial charge < -0.3 is 14.8 Å². The summed E-state index contributed by atoms with van der Waals surface area (Å²) in [6.45, 7) is 2.42. The second-order valence-electron chi connectivity index (χ2n) is 8.27. The summed E-state index contributed by atoms with van der Waals surface area (Å²) in [6.07, 6.45) is 2.31. The number of fused-ring (bicyclic) bond motifs is 1. The van der Waals surface area contributed by atoms with Gasteiger partial charge >= 0.3 is 0 Å². The third-order valence-corrected chi connectivity index (χ3v) is 5.52. The second kappa shape index (κ2) is 11.6. The van der Waals surface area contributed by atoms with Crippen LogP contribution in [0.5, 0.6) is 17.2 Å². The summed E-state index contributed by atoms with van der Waals surface area (Å²) in [5, 5.41) is 3.17. The lowest BCUT2D eigenvalue weighted by Gasteiger charge is -2.14. The van der Waals surface area contributed by atoms with Gasteiger partial charge in [0.25, 0.3) is 0 Å². The van der Waals surface area contributed by atoms with Gasteiger partial charge in [-0.3, -0.25) is 14.6 Å². The number of halogens is 3. The largest absolute Gasteiger partial charge is 0.491 e. The molecular formula is C28H23F3N2O4. The zero-order chi connectivity index (χ0) is 26.4. The maximum Gasteiger partial charge on any atom is 0.211 e. The molecule has 0 radical (unpaired) electrons. The van der Waals surface area contributed by atoms with E-state index in [9.17, 15) is 22.8 Å². The van der Waals surface area contributed by atoms with Crippen LogP contribution in [0, 0.1) is 17.5 Å². The highest BCUT2D eigenvalue weighted by Gasteiger charge is 2.15. The Kier molecular flexibility index (Phi) is 8.02. The molecule has 9 heteroatoms. The molecule has 4 rings (SSSR count). The lowest BCUT2D eigenvalue weighted by Crippen LogP contribution is -2.09. The smallest absolute Gasteiger partial charge is 0.211 e. The number of Topliss-reactive ketones (excluding diaryl/α,β-unsaturated/α-hetero) is 1. The van der Waals surface area contributed by atoms with E-state index in [0.29, 0.717) is 47.2 Å². The first kappa shape index (κ1) is 25.7. The zero-order valence-electron chi connectivity index (χ0n) is 19.9. The van der Waals surface area contributed by atoms with Crippen LogP contribution < -0.4 is 14.8 Å². The van der Waals surface area contributed by atoms with Gasteiger partial charge in [-0.2, -0.15) is 0 Å². The number of nitrogens with one attached hydrogen (secondary N) is 1. The molecule has 0 aliphatic rings. The Hall–Kier alpha value is -4.40. The van der Waals surface area contributed by atoms with Gasteiger partial charge in [0.1, 0.15) is 40.5 Å². The first-order chi connectivity index (χ1) is 17.9. The molecule has 0 unspecified atom stereocenters. The number of hydrogen-bond donors (Lipinski definition) is 1. The monoisotopic (exact) mass is 508 g/mol. The van der Waals surface area contributed by atoms with E-state index in [0.717, 1.165) is 18.6 Å². The molecular weight excluding hydrogens is 485 g/mol. The van der Waals surface area contributed by atoms with E-state index in [4.69, 9.17) is 9.47 Å². The highest BCUT2D eigenvalue weighted by Crippen LogP contribution is 2.36. The van der Waals surface area contributed by atoms with E-state index in [1.807, 2.05) is 6.92 Å². The molecule has 0 saturated carbocycles. The quantitative estimate of drug-likeness (QED) is 0.246. The van der Waals surface area contributed by atoms with Crippen molar-refractivity contribution in [2.24, 2.45) is 0 Å². The summed E-state index contributed by atoms with van der Waals surface area (Å²) in [5.74, 6) is -1.63. The minimum absolute atomic E-state index is 0.0445. The van der Waals surface area contributed by atoms with Crippen LogP contribution in [-0.4, -0.2) is 23.8 Å². The van der Waals surface area contributed by atoms with Crippen LogP contribution in [-0.2, 0) is 22.4 Å². The van der Waals surface area contributed by atoms with Crippen LogP contribution in [0.2, 0.25) is 0 Å². The third-order valence-electron chi connectivity index (χ3n) is 5.52. The van der Waals surface area contributed by atoms with Crippen LogP contribution >= 0.6 is 0 Å². The minimum atomic E-state index is -0.822. The van der Waals surface area contributed by atoms with Crippen molar-refractivity contribution in [1.29, 1.82) is 0 Å². The molecule has 0 aliphatic carbocycles. The Balaban J connectivity index is 1.53. The van der Waals surface area contributed by atoms with E-state index in [1.54, 1.807) is 18.2 Å². The van der Waals surface area contributed by atoms with Crippen molar-refractivity contribution in [2.45, 2.75) is 26.2 Å². The number of carbonyl (C=O) groups excluding carboxylic acids is 2. The fourth-order valence-electron chi connectivity index (χ4n) is 3.76. The zero-order valence-corrected chi connectivity index (χ0v) is 19.9. The fourth-order valence-corrected chi connectivity index (χ4v) is 3.76. The topological polar surface area (TPSA) is 77.5 Å². The molecule has 1 heterocycles. The lowest BCUT2D eigenvalue weighted by atomic mass is 10.0. The molecule has 0 atom stereocenters. The maximum atomic E-state index is 14.8. The number of anilines is 1. The number of aromatic nitrogens is 1. The molecule has 3 aromatic carbocycles. The Labute approximate surface area is 211 Å². The van der Waals surface area contributed by atoms with Gasteiger partial charge in [0, 0.05) is 42.6 Å². The predicted molar refractivity (Wildman–Crippen MR) is 132 cm³/mol. The van der Waals surface area contributed by atoms with Crippen molar-refractivity contribution >= 4 is 28.8 Å². The number of amides is 1. The number of ketones is 1. The summed E-state index contributed by atoms with van der Waals surface area (Å²) in [5.41, 5.74) is 1.15. The van der Waals surface area contributed by atoms with Gasteiger partial charge in [0.2, 0.25) is 6.41 Å². The van der Waals surface area contributed by atoms with Crippen LogP contribution in [0.15, 0.2) is 60.8 Å². The van der Waals surface area contributed by atoms with Gasteiger partial charge in [-0.1, -0.05) is 19.1 Å². The summed E-state index contributed by atoms with van der Waals surface area (Å²) in [7, 11) is 0. The molecule has 4 aromatic rings. The van der Waals surface area contributed by atoms with E-state index >= 15 is 0 Å². The van der Waals surface area contributed by atoms with Crippen molar-refractivity contribution in [3.63, 3.8) is 0 Å². The normalized spacial score (nSPS) is 10.8. The molecule has 37 heavy (non-hydrogen) atoms. The first-order valence-electron chi connectivity index (χ1n) is 11.6. The molecule has 0 spiro atoms. The van der Waals surface area contributed by atoms with Gasteiger partial charge in [-0.15, -0.1) is 0 Å². The molecule has 1 N–H and O–H groups in total. The molecule has 0 fully saturated rings. The number of benzene rings is 3. The van der Waals surface area contributed by atoms with Crippen LogP contribution in [0.25, 0.3) is 10.9 Å². The van der Waals surface area contributed by atoms with Gasteiger partial charge in [-0.05, 0) is 41.8 Å². The lowest BCUT2D eigenvalue weighted by molar-refractivity contribution is -0.117. The van der Waals surface area contributed by atoms with Crippen molar-refractivity contribution in [1.82, 2.24) is 4.98 Å². The predicted octanol–water partition coefficient (Wildman–Crippen LogP) is 6.16. The van der Waals surface area contributed by atoms with Crippen molar-refractivity contribution in [3.05, 3.63) is 89.4 Å². The van der Waals surface area contributed by atoms with E-state index in [2.05, 4.69) is 10.3 Å². The molecule has 1 aromatic heterocycles.